The summed E-state index contributed by atoms with van der Waals surface area (Å²) in [6.07, 6.45) is -4.59. The fourth-order valence-corrected chi connectivity index (χ4v) is 4.40. The minimum Gasteiger partial charge on any atom is -0.379 e. The molecule has 2 atom stereocenters. The number of ether oxygens (including phenoxy) is 1. The summed E-state index contributed by atoms with van der Waals surface area (Å²) in [5.74, 6) is -3.29. The maximum absolute atomic E-state index is 14.1. The summed E-state index contributed by atoms with van der Waals surface area (Å²) in [5, 5.41) is 2.81. The number of carbonyl (C=O) groups excluding carboxylic acids is 2. The van der Waals surface area contributed by atoms with Crippen LogP contribution in [0.1, 0.15) is 23.6 Å². The number of carbonyl (C=O) groups is 2. The molecule has 2 amide bonds. The number of hydrogen-bond acceptors (Lipinski definition) is 4. The number of benzene rings is 2. The highest BCUT2D eigenvalue weighted by Crippen LogP contribution is 2.31. The molecule has 1 N–H and O–H groups in total. The van der Waals surface area contributed by atoms with E-state index in [1.54, 1.807) is 0 Å². The molecule has 0 bridgehead atoms. The van der Waals surface area contributed by atoms with E-state index in [-0.39, 0.29) is 25.2 Å². The third kappa shape index (κ3) is 5.79. The number of rotatable bonds is 6. The molecule has 2 aliphatic rings. The van der Waals surface area contributed by atoms with Crippen LogP contribution in [-0.4, -0.2) is 56.1 Å². The largest absolute Gasteiger partial charge is 0.416 e. The summed E-state index contributed by atoms with van der Waals surface area (Å²) in [5.41, 5.74) is -0.246. The van der Waals surface area contributed by atoms with Crippen LogP contribution in [-0.2, 0) is 20.5 Å². The van der Waals surface area contributed by atoms with Gasteiger partial charge in [0.05, 0.1) is 36.4 Å². The average molecular weight is 497 g/mol. The van der Waals surface area contributed by atoms with Gasteiger partial charge in [-0.15, -0.1) is 0 Å². The smallest absolute Gasteiger partial charge is 0.379 e. The first-order valence-corrected chi connectivity index (χ1v) is 11.2. The quantitative estimate of drug-likeness (QED) is 0.621. The van der Waals surface area contributed by atoms with E-state index in [9.17, 15) is 31.5 Å². The molecule has 2 aromatic rings. The molecule has 0 aromatic heterocycles. The summed E-state index contributed by atoms with van der Waals surface area (Å²) in [4.78, 5) is 28.4. The minimum absolute atomic E-state index is 0.0598. The Kier molecular flexibility index (Phi) is 7.36. The summed E-state index contributed by atoms with van der Waals surface area (Å²) in [6.45, 7) is 2.05. The van der Waals surface area contributed by atoms with E-state index >= 15 is 0 Å². The summed E-state index contributed by atoms with van der Waals surface area (Å²) in [7, 11) is 0. The van der Waals surface area contributed by atoms with Crippen molar-refractivity contribution in [3.05, 3.63) is 65.2 Å². The zero-order valence-corrected chi connectivity index (χ0v) is 18.7. The molecule has 0 spiro atoms. The SMILES string of the molecule is O=C(NCC(c1ccc(C(F)(F)F)cc1)N1CCOCC1)C1CC(=O)N(c2ccc(F)cc2F)C1. The Bertz CT molecular complexity index is 1070. The topological polar surface area (TPSA) is 61.9 Å². The van der Waals surface area contributed by atoms with Gasteiger partial charge in [-0.3, -0.25) is 14.5 Å². The van der Waals surface area contributed by atoms with Gasteiger partial charge in [-0.05, 0) is 29.8 Å². The van der Waals surface area contributed by atoms with Crippen LogP contribution in [0.2, 0.25) is 0 Å². The average Bonchev–Trinajstić information content (AvgIpc) is 3.21. The van der Waals surface area contributed by atoms with Gasteiger partial charge in [-0.25, -0.2) is 8.78 Å². The number of nitrogens with zero attached hydrogens (tertiary/aromatic N) is 2. The fraction of sp³-hybridized carbons (Fsp3) is 0.417. The van der Waals surface area contributed by atoms with Gasteiger partial charge in [0, 0.05) is 38.7 Å². The molecule has 0 aliphatic carbocycles. The van der Waals surface area contributed by atoms with Crippen molar-refractivity contribution in [1.29, 1.82) is 0 Å². The Balaban J connectivity index is 1.44. The molecule has 2 aliphatic heterocycles. The molecule has 188 valence electrons. The zero-order valence-electron chi connectivity index (χ0n) is 18.7. The van der Waals surface area contributed by atoms with Crippen LogP contribution >= 0.6 is 0 Å². The van der Waals surface area contributed by atoms with Crippen LogP contribution in [0.3, 0.4) is 0 Å². The molecular weight excluding hydrogens is 473 g/mol. The second-order valence-electron chi connectivity index (χ2n) is 8.53. The zero-order chi connectivity index (χ0) is 25.2. The monoisotopic (exact) mass is 497 g/mol. The number of anilines is 1. The second kappa shape index (κ2) is 10.3. The van der Waals surface area contributed by atoms with Crippen LogP contribution in [0.4, 0.5) is 27.6 Å². The van der Waals surface area contributed by atoms with E-state index in [2.05, 4.69) is 5.32 Å². The lowest BCUT2D eigenvalue weighted by molar-refractivity contribution is -0.137. The van der Waals surface area contributed by atoms with Crippen molar-refractivity contribution in [2.75, 3.05) is 44.3 Å². The van der Waals surface area contributed by atoms with Crippen LogP contribution in [0, 0.1) is 17.6 Å². The van der Waals surface area contributed by atoms with Crippen molar-refractivity contribution in [2.24, 2.45) is 5.92 Å². The molecule has 4 rings (SSSR count). The summed E-state index contributed by atoms with van der Waals surface area (Å²) < 4.78 is 71.6. The van der Waals surface area contributed by atoms with Gasteiger partial charge in [-0.2, -0.15) is 13.2 Å². The standard InChI is InChI=1S/C24H24F5N3O3/c25-18-5-6-20(19(26)12-18)32-14-16(11-22(32)33)23(34)30-13-21(31-7-9-35-10-8-31)15-1-3-17(4-2-15)24(27,28)29/h1-6,12,16,21H,7-11,13-14H2,(H,30,34). The Labute approximate surface area is 198 Å². The normalized spacial score (nSPS) is 20.2. The van der Waals surface area contributed by atoms with Crippen LogP contribution < -0.4 is 10.2 Å². The van der Waals surface area contributed by atoms with Gasteiger partial charge in [0.1, 0.15) is 11.6 Å². The molecule has 35 heavy (non-hydrogen) atoms. The van der Waals surface area contributed by atoms with E-state index < -0.39 is 47.1 Å². The number of morpholine rings is 1. The van der Waals surface area contributed by atoms with Gasteiger partial charge < -0.3 is 15.0 Å². The van der Waals surface area contributed by atoms with Crippen molar-refractivity contribution in [2.45, 2.75) is 18.6 Å². The van der Waals surface area contributed by atoms with Crippen molar-refractivity contribution < 1.29 is 36.3 Å². The van der Waals surface area contributed by atoms with Gasteiger partial charge in [0.2, 0.25) is 11.8 Å². The molecule has 2 saturated heterocycles. The highest BCUT2D eigenvalue weighted by molar-refractivity contribution is 6.00. The third-order valence-electron chi connectivity index (χ3n) is 6.28. The van der Waals surface area contributed by atoms with Crippen molar-refractivity contribution in [3.8, 4) is 0 Å². The molecule has 2 fully saturated rings. The lowest BCUT2D eigenvalue weighted by Crippen LogP contribution is -2.45. The van der Waals surface area contributed by atoms with Gasteiger partial charge >= 0.3 is 6.18 Å². The van der Waals surface area contributed by atoms with Gasteiger partial charge in [0.25, 0.3) is 0 Å². The molecule has 11 heteroatoms. The van der Waals surface area contributed by atoms with Crippen LogP contribution in [0.15, 0.2) is 42.5 Å². The molecule has 0 radical (unpaired) electrons. The predicted molar refractivity (Wildman–Crippen MR) is 116 cm³/mol. The first kappa shape index (κ1) is 25.1. The molecule has 0 saturated carbocycles. The lowest BCUT2D eigenvalue weighted by atomic mass is 10.0. The number of halogens is 5. The molecule has 6 nitrogen and oxygen atoms in total. The first-order chi connectivity index (χ1) is 16.6. The van der Waals surface area contributed by atoms with Crippen LogP contribution in [0.5, 0.6) is 0 Å². The number of amides is 2. The first-order valence-electron chi connectivity index (χ1n) is 11.2. The van der Waals surface area contributed by atoms with Crippen LogP contribution in [0.25, 0.3) is 0 Å². The maximum Gasteiger partial charge on any atom is 0.416 e. The Morgan fingerprint density at radius 2 is 1.77 bits per heavy atom. The molecule has 2 aromatic carbocycles. The molecular formula is C24H24F5N3O3. The minimum atomic E-state index is -4.45. The van der Waals surface area contributed by atoms with E-state index in [0.29, 0.717) is 37.9 Å². The van der Waals surface area contributed by atoms with Crippen molar-refractivity contribution >= 4 is 17.5 Å². The second-order valence-corrected chi connectivity index (χ2v) is 8.53. The highest BCUT2D eigenvalue weighted by Gasteiger charge is 2.37. The summed E-state index contributed by atoms with van der Waals surface area (Å²) >= 11 is 0. The van der Waals surface area contributed by atoms with Crippen molar-refractivity contribution in [1.82, 2.24) is 10.2 Å². The fourth-order valence-electron chi connectivity index (χ4n) is 4.40. The molecule has 2 heterocycles. The third-order valence-corrected chi connectivity index (χ3v) is 6.28. The maximum atomic E-state index is 14.1. The van der Waals surface area contributed by atoms with E-state index in [4.69, 9.17) is 4.74 Å². The van der Waals surface area contributed by atoms with E-state index in [1.807, 2.05) is 4.90 Å². The van der Waals surface area contributed by atoms with Gasteiger partial charge in [0.15, 0.2) is 0 Å². The predicted octanol–water partition coefficient (Wildman–Crippen LogP) is 3.53. The van der Waals surface area contributed by atoms with Gasteiger partial charge in [-0.1, -0.05) is 12.1 Å². The Morgan fingerprint density at radius 1 is 1.09 bits per heavy atom. The van der Waals surface area contributed by atoms with E-state index in [1.165, 1.54) is 12.1 Å². The Hall–Kier alpha value is -3.05. The highest BCUT2D eigenvalue weighted by atomic mass is 19.4. The number of hydrogen-bond donors (Lipinski definition) is 1. The lowest BCUT2D eigenvalue weighted by Gasteiger charge is -2.35. The Morgan fingerprint density at radius 3 is 2.40 bits per heavy atom. The van der Waals surface area contributed by atoms with E-state index in [0.717, 1.165) is 29.2 Å². The van der Waals surface area contributed by atoms with Crippen molar-refractivity contribution in [3.63, 3.8) is 0 Å². The number of alkyl halides is 3. The summed E-state index contributed by atoms with van der Waals surface area (Å²) in [6, 6.07) is 7.28. The number of nitrogens with one attached hydrogen (secondary N) is 1. The molecule has 2 unspecified atom stereocenters.